The topological polar surface area (TPSA) is 96.0 Å². The molecule has 0 saturated heterocycles. The summed E-state index contributed by atoms with van der Waals surface area (Å²) in [5.41, 5.74) is 4.85. The molecule has 0 heterocycles. The SMILES string of the molecule is C[C@@H](C#N)C[C@H](NC(=O)c1cc(F)cc(F)c1)C(N)=O. The van der Waals surface area contributed by atoms with Crippen LogP contribution in [-0.2, 0) is 4.79 Å². The number of amides is 2. The molecule has 7 heteroatoms. The van der Waals surface area contributed by atoms with Gasteiger partial charge in [-0.2, -0.15) is 5.26 Å². The van der Waals surface area contributed by atoms with Crippen LogP contribution in [0.5, 0.6) is 0 Å². The van der Waals surface area contributed by atoms with Crippen molar-refractivity contribution in [3.8, 4) is 6.07 Å². The summed E-state index contributed by atoms with van der Waals surface area (Å²) < 4.78 is 26.0. The van der Waals surface area contributed by atoms with E-state index >= 15 is 0 Å². The van der Waals surface area contributed by atoms with E-state index < -0.39 is 35.4 Å². The average molecular weight is 281 g/mol. The number of nitrogens with two attached hydrogens (primary N) is 1. The van der Waals surface area contributed by atoms with Crippen LogP contribution in [0, 0.1) is 28.9 Å². The summed E-state index contributed by atoms with van der Waals surface area (Å²) in [6, 6.07) is 3.12. The van der Waals surface area contributed by atoms with Crippen molar-refractivity contribution in [1.82, 2.24) is 5.32 Å². The lowest BCUT2D eigenvalue weighted by atomic mass is 10.0. The number of carbonyl (C=O) groups is 2. The molecule has 1 rings (SSSR count). The maximum absolute atomic E-state index is 13.0. The summed E-state index contributed by atoms with van der Waals surface area (Å²) >= 11 is 0. The third-order valence-electron chi connectivity index (χ3n) is 2.58. The van der Waals surface area contributed by atoms with Crippen LogP contribution in [0.15, 0.2) is 18.2 Å². The van der Waals surface area contributed by atoms with Crippen LogP contribution in [0.1, 0.15) is 23.7 Å². The highest BCUT2D eigenvalue weighted by molar-refractivity contribution is 5.97. The van der Waals surface area contributed by atoms with Crippen LogP contribution in [-0.4, -0.2) is 17.9 Å². The average Bonchev–Trinajstić information content (AvgIpc) is 2.36. The number of nitrogens with one attached hydrogen (secondary N) is 1. The van der Waals surface area contributed by atoms with Gasteiger partial charge in [0.2, 0.25) is 5.91 Å². The van der Waals surface area contributed by atoms with E-state index in [0.29, 0.717) is 6.07 Å². The lowest BCUT2D eigenvalue weighted by molar-refractivity contribution is -0.120. The van der Waals surface area contributed by atoms with Crippen LogP contribution in [0.3, 0.4) is 0 Å². The van der Waals surface area contributed by atoms with Gasteiger partial charge < -0.3 is 11.1 Å². The van der Waals surface area contributed by atoms with Crippen LogP contribution in [0.25, 0.3) is 0 Å². The van der Waals surface area contributed by atoms with Gasteiger partial charge >= 0.3 is 0 Å². The van der Waals surface area contributed by atoms with Gasteiger partial charge in [0.05, 0.1) is 6.07 Å². The van der Waals surface area contributed by atoms with Gasteiger partial charge in [-0.05, 0) is 25.5 Å². The fraction of sp³-hybridized carbons (Fsp3) is 0.308. The standard InChI is InChI=1S/C13H13F2N3O2/c1-7(6-16)2-11(12(17)19)18-13(20)8-3-9(14)5-10(15)4-8/h3-5,7,11H,2H2,1H3,(H2,17,19)(H,18,20)/t7-,11+/m1/s1. The molecular formula is C13H13F2N3O2. The van der Waals surface area contributed by atoms with Crippen molar-refractivity contribution in [2.45, 2.75) is 19.4 Å². The van der Waals surface area contributed by atoms with Crippen molar-refractivity contribution < 1.29 is 18.4 Å². The summed E-state index contributed by atoms with van der Waals surface area (Å²) in [6.07, 6.45) is 0.0232. The Morgan fingerprint density at radius 3 is 2.35 bits per heavy atom. The number of benzene rings is 1. The quantitative estimate of drug-likeness (QED) is 0.845. The second-order valence-electron chi connectivity index (χ2n) is 4.35. The predicted octanol–water partition coefficient (Wildman–Crippen LogP) is 1.10. The van der Waals surface area contributed by atoms with E-state index in [-0.39, 0.29) is 12.0 Å². The molecule has 0 aliphatic rings. The number of carbonyl (C=O) groups excluding carboxylic acids is 2. The summed E-state index contributed by atoms with van der Waals surface area (Å²) in [7, 11) is 0. The molecule has 5 nitrogen and oxygen atoms in total. The highest BCUT2D eigenvalue weighted by Gasteiger charge is 2.22. The zero-order chi connectivity index (χ0) is 15.3. The molecule has 2 amide bonds. The van der Waals surface area contributed by atoms with Crippen LogP contribution in [0.4, 0.5) is 8.78 Å². The fourth-order valence-electron chi connectivity index (χ4n) is 1.58. The molecule has 2 atom stereocenters. The minimum atomic E-state index is -1.08. The Balaban J connectivity index is 2.86. The smallest absolute Gasteiger partial charge is 0.252 e. The van der Waals surface area contributed by atoms with Crippen molar-refractivity contribution in [3.05, 3.63) is 35.4 Å². The van der Waals surface area contributed by atoms with Crippen molar-refractivity contribution in [1.29, 1.82) is 5.26 Å². The number of hydrogen-bond donors (Lipinski definition) is 2. The largest absolute Gasteiger partial charge is 0.368 e. The summed E-state index contributed by atoms with van der Waals surface area (Å²) in [5.74, 6) is -3.97. The van der Waals surface area contributed by atoms with E-state index in [9.17, 15) is 18.4 Å². The zero-order valence-electron chi connectivity index (χ0n) is 10.7. The molecule has 0 fully saturated rings. The number of hydrogen-bond acceptors (Lipinski definition) is 3. The molecule has 0 unspecified atom stereocenters. The highest BCUT2D eigenvalue weighted by atomic mass is 19.1. The lowest BCUT2D eigenvalue weighted by Gasteiger charge is -2.16. The molecule has 1 aromatic rings. The second kappa shape index (κ2) is 6.61. The molecule has 0 spiro atoms. The van der Waals surface area contributed by atoms with Gasteiger partial charge in [0.1, 0.15) is 17.7 Å². The molecule has 3 N–H and O–H groups in total. The van der Waals surface area contributed by atoms with Crippen LogP contribution in [0.2, 0.25) is 0 Å². The monoisotopic (exact) mass is 281 g/mol. The normalized spacial score (nSPS) is 13.1. The van der Waals surface area contributed by atoms with Gasteiger partial charge in [0.25, 0.3) is 5.91 Å². The third kappa shape index (κ3) is 4.31. The first-order valence-corrected chi connectivity index (χ1v) is 5.79. The van der Waals surface area contributed by atoms with Crippen LogP contribution < -0.4 is 11.1 Å². The first-order chi connectivity index (χ1) is 9.33. The van der Waals surface area contributed by atoms with Crippen molar-refractivity contribution in [2.75, 3.05) is 0 Å². The van der Waals surface area contributed by atoms with E-state index in [1.165, 1.54) is 0 Å². The number of primary amides is 1. The van der Waals surface area contributed by atoms with Crippen molar-refractivity contribution >= 4 is 11.8 Å². The van der Waals surface area contributed by atoms with Gasteiger partial charge in [-0.3, -0.25) is 9.59 Å². The predicted molar refractivity (Wildman–Crippen MR) is 66.2 cm³/mol. The number of nitriles is 1. The second-order valence-corrected chi connectivity index (χ2v) is 4.35. The zero-order valence-corrected chi connectivity index (χ0v) is 10.7. The van der Waals surface area contributed by atoms with Gasteiger partial charge in [-0.25, -0.2) is 8.78 Å². The van der Waals surface area contributed by atoms with E-state index in [1.54, 1.807) is 6.92 Å². The van der Waals surface area contributed by atoms with Crippen LogP contribution >= 0.6 is 0 Å². The molecule has 106 valence electrons. The van der Waals surface area contributed by atoms with Crippen molar-refractivity contribution in [3.63, 3.8) is 0 Å². The highest BCUT2D eigenvalue weighted by Crippen LogP contribution is 2.10. The molecular weight excluding hydrogens is 268 g/mol. The third-order valence-corrected chi connectivity index (χ3v) is 2.58. The Kier molecular flexibility index (Phi) is 5.15. The summed E-state index contributed by atoms with van der Waals surface area (Å²) in [4.78, 5) is 23.0. The van der Waals surface area contributed by atoms with Gasteiger partial charge in [-0.15, -0.1) is 0 Å². The Labute approximate surface area is 114 Å². The van der Waals surface area contributed by atoms with E-state index in [4.69, 9.17) is 11.0 Å². The number of halogens is 2. The first-order valence-electron chi connectivity index (χ1n) is 5.79. The molecule has 0 aliphatic heterocycles. The lowest BCUT2D eigenvalue weighted by Crippen LogP contribution is -2.45. The Morgan fingerprint density at radius 1 is 1.35 bits per heavy atom. The maximum Gasteiger partial charge on any atom is 0.252 e. The summed E-state index contributed by atoms with van der Waals surface area (Å²) in [5, 5.41) is 10.9. The van der Waals surface area contributed by atoms with Gasteiger partial charge in [0.15, 0.2) is 0 Å². The Bertz CT molecular complexity index is 549. The number of nitrogens with zero attached hydrogens (tertiary/aromatic N) is 1. The van der Waals surface area contributed by atoms with E-state index in [1.807, 2.05) is 6.07 Å². The molecule has 0 bridgehead atoms. The summed E-state index contributed by atoms with van der Waals surface area (Å²) in [6.45, 7) is 1.56. The minimum Gasteiger partial charge on any atom is -0.368 e. The maximum atomic E-state index is 13.0. The minimum absolute atomic E-state index is 0.0232. The molecule has 0 saturated carbocycles. The van der Waals surface area contributed by atoms with E-state index in [0.717, 1.165) is 12.1 Å². The Morgan fingerprint density at radius 2 is 1.90 bits per heavy atom. The van der Waals surface area contributed by atoms with Gasteiger partial charge in [0, 0.05) is 17.5 Å². The Hall–Kier alpha value is -2.49. The molecule has 0 aromatic heterocycles. The fourth-order valence-corrected chi connectivity index (χ4v) is 1.58. The van der Waals surface area contributed by atoms with Gasteiger partial charge in [-0.1, -0.05) is 0 Å². The van der Waals surface area contributed by atoms with Crippen molar-refractivity contribution in [2.24, 2.45) is 11.7 Å². The molecule has 0 radical (unpaired) electrons. The molecule has 1 aromatic carbocycles. The molecule has 20 heavy (non-hydrogen) atoms. The van der Waals surface area contributed by atoms with E-state index in [2.05, 4.69) is 5.32 Å². The molecule has 0 aliphatic carbocycles. The first kappa shape index (κ1) is 15.6. The number of rotatable bonds is 5.